The summed E-state index contributed by atoms with van der Waals surface area (Å²) in [6, 6.07) is 17.2. The Hall–Kier alpha value is -12.1. The van der Waals surface area contributed by atoms with Crippen molar-refractivity contribution in [3.8, 4) is 0 Å². The summed E-state index contributed by atoms with van der Waals surface area (Å²) in [7, 11) is 0. The highest BCUT2D eigenvalue weighted by Gasteiger charge is 2.37. The summed E-state index contributed by atoms with van der Waals surface area (Å²) in [4.78, 5) is 136. The topological polar surface area (TPSA) is 544 Å². The quantitative estimate of drug-likeness (QED) is 0.0212. The highest BCUT2D eigenvalue weighted by molar-refractivity contribution is 6.00. The van der Waals surface area contributed by atoms with E-state index in [1.54, 1.807) is 49.1 Å². The van der Waals surface area contributed by atoms with Crippen molar-refractivity contribution in [2.24, 2.45) is 22.9 Å². The van der Waals surface area contributed by atoms with Gasteiger partial charge in [0.25, 0.3) is 0 Å². The Balaban J connectivity index is 1.17. The summed E-state index contributed by atoms with van der Waals surface area (Å²) in [6.07, 6.45) is 6.00. The van der Waals surface area contributed by atoms with Gasteiger partial charge in [0.2, 0.25) is 47.3 Å². The van der Waals surface area contributed by atoms with E-state index in [1.807, 2.05) is 72.8 Å². The molecule has 1 aliphatic rings. The molecule has 0 unspecified atom stereocenters. The first-order chi connectivity index (χ1) is 48.2. The number of guanidine groups is 4. The summed E-state index contributed by atoms with van der Waals surface area (Å²) in [6.45, 7) is 0.275. The first-order valence-corrected chi connectivity index (χ1v) is 33.1. The maximum absolute atomic E-state index is 15.4. The van der Waals surface area contributed by atoms with Gasteiger partial charge in [0.1, 0.15) is 48.3 Å². The van der Waals surface area contributed by atoms with Gasteiger partial charge in [-0.1, -0.05) is 72.8 Å². The molecular formula is C68H88N24O8. The van der Waals surface area contributed by atoms with E-state index in [4.69, 9.17) is 44.6 Å². The maximum atomic E-state index is 15.4. The lowest BCUT2D eigenvalue weighted by Crippen LogP contribution is -2.62. The number of hydrogen-bond acceptors (Lipinski definition) is 12. The van der Waals surface area contributed by atoms with Gasteiger partial charge in [-0.2, -0.15) is 0 Å². The van der Waals surface area contributed by atoms with Crippen LogP contribution in [0, 0.1) is 21.6 Å². The van der Waals surface area contributed by atoms with Gasteiger partial charge in [0.15, 0.2) is 23.8 Å². The van der Waals surface area contributed by atoms with Gasteiger partial charge in [0.05, 0.1) is 0 Å². The molecule has 100 heavy (non-hydrogen) atoms. The van der Waals surface area contributed by atoms with Crippen molar-refractivity contribution >= 4 is 115 Å². The predicted molar refractivity (Wildman–Crippen MR) is 380 cm³/mol. The van der Waals surface area contributed by atoms with Gasteiger partial charge in [0, 0.05) is 120 Å². The molecular weight excluding hydrogens is 1280 g/mol. The normalized spacial score (nSPS) is 20.2. The number of para-hydroxylation sites is 4. The monoisotopic (exact) mass is 1370 g/mol. The van der Waals surface area contributed by atoms with Gasteiger partial charge >= 0.3 is 0 Å². The fourth-order valence-electron chi connectivity index (χ4n) is 12.3. The van der Waals surface area contributed by atoms with Crippen LogP contribution in [0.1, 0.15) is 73.6 Å². The zero-order chi connectivity index (χ0) is 71.2. The van der Waals surface area contributed by atoms with Gasteiger partial charge in [-0.3, -0.25) is 60.0 Å². The minimum atomic E-state index is -1.50. The third-order valence-corrected chi connectivity index (χ3v) is 17.4. The molecule has 0 aliphatic carbocycles. The molecule has 0 bridgehead atoms. The molecule has 1 fully saturated rings. The number of rotatable bonds is 24. The summed E-state index contributed by atoms with van der Waals surface area (Å²) in [5.74, 6) is -8.29. The minimum Gasteiger partial charge on any atom is -0.370 e. The SMILES string of the molecule is N=C(N)NCCC[C@@H]1NC(=O)[C@H](Cc2c[nH]c3ccccc23)NC(=O)[C@H](CCCNC(=N)N)NC(=O)[C@H](Cc2c[nH]c3ccccc23)NC(=O)[C@H](CCCNC(=N)N)NC(=O)[C@H](Cc2c[nH]c3ccccc23)NC(=O)[C@H](CCCNC(=N)N)NC(=O)[C@H](Cc2c[nH]c3ccccc23)NC1=O. The second-order valence-corrected chi connectivity index (χ2v) is 24.7. The molecule has 4 aromatic heterocycles. The predicted octanol–water partition coefficient (Wildman–Crippen LogP) is -0.173. The smallest absolute Gasteiger partial charge is 0.243 e. The first-order valence-electron chi connectivity index (χ1n) is 33.1. The van der Waals surface area contributed by atoms with Crippen LogP contribution in [-0.4, -0.2) is 166 Å². The summed E-state index contributed by atoms with van der Waals surface area (Å²) in [5.41, 5.74) is 27.8. The number of amides is 8. The number of H-pyrrole nitrogens is 4. The Labute approximate surface area is 574 Å². The molecule has 1 aliphatic heterocycles. The number of benzene rings is 4. The number of fused-ring (bicyclic) bond motifs is 4. The highest BCUT2D eigenvalue weighted by Crippen LogP contribution is 2.24. The molecule has 32 heteroatoms. The molecule has 4 aromatic carbocycles. The Kier molecular flexibility index (Phi) is 25.0. The Bertz CT molecular complexity index is 3730. The zero-order valence-electron chi connectivity index (χ0n) is 55.1. The van der Waals surface area contributed by atoms with Crippen LogP contribution >= 0.6 is 0 Å². The van der Waals surface area contributed by atoms with Gasteiger partial charge in [-0.05, 0) is 97.9 Å². The lowest BCUT2D eigenvalue weighted by molar-refractivity contribution is -0.136. The Morgan fingerprint density at radius 3 is 0.670 bits per heavy atom. The number of nitrogens with one attached hydrogen (secondary N) is 20. The van der Waals surface area contributed by atoms with E-state index in [1.165, 1.54) is 0 Å². The lowest BCUT2D eigenvalue weighted by atomic mass is 10.00. The molecule has 28 N–H and O–H groups in total. The molecule has 1 saturated heterocycles. The van der Waals surface area contributed by atoms with E-state index in [9.17, 15) is 0 Å². The van der Waals surface area contributed by atoms with Crippen LogP contribution in [0.4, 0.5) is 0 Å². The first kappa shape index (κ1) is 72.2. The van der Waals surface area contributed by atoms with Crippen LogP contribution in [0.3, 0.4) is 0 Å². The molecule has 8 amide bonds. The zero-order valence-corrected chi connectivity index (χ0v) is 55.1. The number of aromatic amines is 4. The molecule has 0 spiro atoms. The van der Waals surface area contributed by atoms with Gasteiger partial charge in [-0.25, -0.2) is 0 Å². The second-order valence-electron chi connectivity index (χ2n) is 24.7. The fourth-order valence-corrected chi connectivity index (χ4v) is 12.3. The summed E-state index contributed by atoms with van der Waals surface area (Å²) >= 11 is 0. The van der Waals surface area contributed by atoms with Crippen LogP contribution in [0.15, 0.2) is 122 Å². The Morgan fingerprint density at radius 1 is 0.290 bits per heavy atom. The number of hydrogen-bond donors (Lipinski definition) is 24. The fraction of sp³-hybridized carbons (Fsp3) is 0.353. The van der Waals surface area contributed by atoms with E-state index >= 15 is 38.4 Å². The summed E-state index contributed by atoms with van der Waals surface area (Å²) < 4.78 is 0. The van der Waals surface area contributed by atoms with Crippen molar-refractivity contribution in [3.05, 3.63) is 144 Å². The molecule has 9 rings (SSSR count). The second kappa shape index (κ2) is 34.7. The van der Waals surface area contributed by atoms with Crippen LogP contribution in [0.2, 0.25) is 0 Å². The molecule has 8 aromatic rings. The van der Waals surface area contributed by atoms with Crippen LogP contribution in [0.5, 0.6) is 0 Å². The van der Waals surface area contributed by atoms with Crippen molar-refractivity contribution in [2.75, 3.05) is 26.2 Å². The molecule has 8 atom stereocenters. The third-order valence-electron chi connectivity index (χ3n) is 17.4. The summed E-state index contributed by atoms with van der Waals surface area (Å²) in [5, 5.41) is 67.9. The number of carbonyl (C=O) groups excluding carboxylic acids is 8. The average molecular weight is 1370 g/mol. The average Bonchev–Trinajstić information content (AvgIpc) is 1.64. The van der Waals surface area contributed by atoms with Gasteiger partial charge < -0.3 is 107 Å². The van der Waals surface area contributed by atoms with Crippen LogP contribution < -0.4 is 86.7 Å². The Morgan fingerprint density at radius 2 is 0.470 bits per heavy atom. The van der Waals surface area contributed by atoms with Crippen molar-refractivity contribution < 1.29 is 38.4 Å². The van der Waals surface area contributed by atoms with Crippen LogP contribution in [0.25, 0.3) is 43.6 Å². The third kappa shape index (κ3) is 20.0. The van der Waals surface area contributed by atoms with Crippen molar-refractivity contribution in [1.29, 1.82) is 21.6 Å². The minimum absolute atomic E-state index is 0.0687. The number of nitrogens with two attached hydrogens (primary N) is 4. The van der Waals surface area contributed by atoms with E-state index in [-0.39, 0.29) is 127 Å². The van der Waals surface area contributed by atoms with E-state index in [2.05, 4.69) is 83.7 Å². The van der Waals surface area contributed by atoms with E-state index in [0.717, 1.165) is 0 Å². The standard InChI is InChI=1S/C68H88N24O8/c69-65(70)77-25-9-21-49-57(93)89-53(29-37-33-81-45-17-5-1-13-41(37)45)61(97)85-50(22-10-26-78-66(71)72)58(94)90-55(31-39-35-83-47-19-7-3-15-43(39)47)63(99)87-52(24-12-28-80-68(75)76)60(96)92-56(32-40-36-84-48-20-8-4-16-44(40)48)64(100)88-51(23-11-27-79-67(73)74)59(95)91-54(62(98)86-49)30-38-34-82-46-18-6-2-14-42(38)46/h1-8,13-20,33-36,49-56,81-84H,9-12,21-32H2,(H,85,97)(H,86,98)(H,87,99)(H,88,100)(H,89,93)(H,90,94)(H,91,95)(H,92,96)(H4,69,70,77)(H4,71,72,78)(H4,73,74,79)(H4,75,76,80)/t49-,50-,51-,52-,53-,54-,55-,56-/m0/s1. The van der Waals surface area contributed by atoms with Crippen LogP contribution in [-0.2, 0) is 64.0 Å². The lowest BCUT2D eigenvalue weighted by Gasteiger charge is -2.29. The maximum Gasteiger partial charge on any atom is 0.243 e. The molecule has 32 nitrogen and oxygen atoms in total. The number of carbonyl (C=O) groups is 8. The van der Waals surface area contributed by atoms with Crippen molar-refractivity contribution in [1.82, 2.24) is 83.7 Å². The van der Waals surface area contributed by atoms with Gasteiger partial charge in [-0.15, -0.1) is 0 Å². The highest BCUT2D eigenvalue weighted by atomic mass is 16.2. The van der Waals surface area contributed by atoms with E-state index < -0.39 is 95.6 Å². The largest absolute Gasteiger partial charge is 0.370 e. The molecule has 528 valence electrons. The van der Waals surface area contributed by atoms with Crippen molar-refractivity contribution in [2.45, 2.75) is 125 Å². The molecule has 5 heterocycles. The molecule has 0 radical (unpaired) electrons. The number of aromatic nitrogens is 4. The van der Waals surface area contributed by atoms with Crippen molar-refractivity contribution in [3.63, 3.8) is 0 Å². The van der Waals surface area contributed by atoms with E-state index in [0.29, 0.717) is 65.9 Å². The molecule has 0 saturated carbocycles.